The average Bonchev–Trinajstić information content (AvgIpc) is 2.79. The molecule has 0 spiro atoms. The Labute approximate surface area is 207 Å². The molecule has 0 saturated carbocycles. The summed E-state index contributed by atoms with van der Waals surface area (Å²) in [7, 11) is 3.14. The lowest BCUT2D eigenvalue weighted by Gasteiger charge is -2.15. The van der Waals surface area contributed by atoms with Crippen LogP contribution in [0.4, 0.5) is 24.5 Å². The molecule has 34 heavy (non-hydrogen) atoms. The van der Waals surface area contributed by atoms with Crippen LogP contribution in [0.1, 0.15) is 22.3 Å². The molecule has 184 valence electrons. The van der Waals surface area contributed by atoms with Crippen LogP contribution in [0.5, 0.6) is 0 Å². The van der Waals surface area contributed by atoms with E-state index in [1.165, 1.54) is 23.1 Å². The number of hydrogen-bond donors (Lipinski definition) is 3. The van der Waals surface area contributed by atoms with Crippen molar-refractivity contribution in [1.82, 2.24) is 10.4 Å². The van der Waals surface area contributed by atoms with Crippen LogP contribution in [-0.2, 0) is 14.5 Å². The Morgan fingerprint density at radius 2 is 1.91 bits per heavy atom. The number of nitrogens with zero attached hydrogens (tertiary/aromatic N) is 2. The second-order valence-corrected chi connectivity index (χ2v) is 8.12. The number of benzene rings is 2. The number of oxime groups is 1. The van der Waals surface area contributed by atoms with Crippen LogP contribution < -0.4 is 10.8 Å². The van der Waals surface area contributed by atoms with Crippen LogP contribution >= 0.6 is 22.6 Å². The lowest BCUT2D eigenvalue weighted by molar-refractivity contribution is -0.129. The van der Waals surface area contributed by atoms with E-state index in [2.05, 4.69) is 10.5 Å². The number of hydrogen-bond acceptors (Lipinski definition) is 7. The Hall–Kier alpha value is -2.91. The average molecular weight is 594 g/mol. The maximum atomic E-state index is 15.0. The van der Waals surface area contributed by atoms with E-state index in [1.807, 2.05) is 28.1 Å². The molecular weight excluding hydrogens is 572 g/mol. The molecule has 2 rings (SSSR count). The van der Waals surface area contributed by atoms with Crippen LogP contribution in [0.2, 0.25) is 0 Å². The van der Waals surface area contributed by atoms with Gasteiger partial charge in [-0.2, -0.15) is 0 Å². The molecule has 0 unspecified atom stereocenters. The SMILES string of the molecule is CN(C)C(=O)CCON=Cc1cc(C(=O)NOCCO)c(Nc2ccc(I)cc2F)c(F)c1F. The predicted molar refractivity (Wildman–Crippen MR) is 126 cm³/mol. The van der Waals surface area contributed by atoms with Gasteiger partial charge in [0.2, 0.25) is 5.91 Å². The molecule has 3 N–H and O–H groups in total. The molecular formula is C21H22F3IN4O5. The van der Waals surface area contributed by atoms with E-state index in [9.17, 15) is 22.8 Å². The zero-order chi connectivity index (χ0) is 25.3. The summed E-state index contributed by atoms with van der Waals surface area (Å²) in [5, 5.41) is 14.7. The third kappa shape index (κ3) is 7.56. The molecule has 0 aliphatic carbocycles. The van der Waals surface area contributed by atoms with Crippen molar-refractivity contribution < 1.29 is 37.5 Å². The van der Waals surface area contributed by atoms with Gasteiger partial charge < -0.3 is 20.2 Å². The highest BCUT2D eigenvalue weighted by molar-refractivity contribution is 14.1. The molecule has 0 fully saturated rings. The summed E-state index contributed by atoms with van der Waals surface area (Å²) in [5.41, 5.74) is 0.268. The molecule has 2 aromatic rings. The highest BCUT2D eigenvalue weighted by atomic mass is 127. The third-order valence-electron chi connectivity index (χ3n) is 4.20. The number of halogens is 4. The van der Waals surface area contributed by atoms with Crippen molar-refractivity contribution >= 4 is 52.0 Å². The Kier molecular flexibility index (Phi) is 10.5. The van der Waals surface area contributed by atoms with Gasteiger partial charge in [0.05, 0.1) is 42.8 Å². The van der Waals surface area contributed by atoms with E-state index in [1.54, 1.807) is 14.1 Å². The van der Waals surface area contributed by atoms with E-state index in [0.29, 0.717) is 3.57 Å². The summed E-state index contributed by atoms with van der Waals surface area (Å²) >= 11 is 1.88. The summed E-state index contributed by atoms with van der Waals surface area (Å²) in [6.45, 7) is -0.758. The minimum absolute atomic E-state index is 0.0153. The number of aliphatic hydroxyl groups excluding tert-OH is 1. The summed E-state index contributed by atoms with van der Waals surface area (Å²) < 4.78 is 44.5. The summed E-state index contributed by atoms with van der Waals surface area (Å²) in [4.78, 5) is 35.1. The largest absolute Gasteiger partial charge is 0.395 e. The zero-order valence-corrected chi connectivity index (χ0v) is 20.4. The number of anilines is 2. The highest BCUT2D eigenvalue weighted by Gasteiger charge is 2.23. The lowest BCUT2D eigenvalue weighted by atomic mass is 10.1. The van der Waals surface area contributed by atoms with Gasteiger partial charge in [-0.15, -0.1) is 0 Å². The highest BCUT2D eigenvalue weighted by Crippen LogP contribution is 2.30. The molecule has 0 aliphatic heterocycles. The Bertz CT molecular complexity index is 1070. The molecule has 13 heteroatoms. The van der Waals surface area contributed by atoms with Crippen molar-refractivity contribution in [3.8, 4) is 0 Å². The molecule has 0 saturated heterocycles. The van der Waals surface area contributed by atoms with Gasteiger partial charge in [-0.1, -0.05) is 5.16 Å². The van der Waals surface area contributed by atoms with E-state index in [-0.39, 0.29) is 31.2 Å². The minimum atomic E-state index is -1.48. The smallest absolute Gasteiger partial charge is 0.277 e. The van der Waals surface area contributed by atoms with Gasteiger partial charge in [-0.05, 0) is 46.9 Å². The molecule has 0 heterocycles. The van der Waals surface area contributed by atoms with Crippen molar-refractivity contribution in [2.45, 2.75) is 6.42 Å². The number of nitrogens with one attached hydrogen (secondary N) is 2. The monoisotopic (exact) mass is 594 g/mol. The Morgan fingerprint density at radius 3 is 2.56 bits per heavy atom. The molecule has 0 aromatic heterocycles. The predicted octanol–water partition coefficient (Wildman–Crippen LogP) is 2.93. The van der Waals surface area contributed by atoms with E-state index in [4.69, 9.17) is 14.8 Å². The van der Waals surface area contributed by atoms with Gasteiger partial charge in [-0.3, -0.25) is 14.4 Å². The zero-order valence-electron chi connectivity index (χ0n) is 18.2. The first kappa shape index (κ1) is 27.3. The number of rotatable bonds is 11. The summed E-state index contributed by atoms with van der Waals surface area (Å²) in [6.07, 6.45) is 0.848. The molecule has 0 bridgehead atoms. The van der Waals surface area contributed by atoms with Gasteiger partial charge in [0.15, 0.2) is 11.6 Å². The topological polar surface area (TPSA) is 112 Å². The first-order valence-corrected chi connectivity index (χ1v) is 10.9. The van der Waals surface area contributed by atoms with Gasteiger partial charge in [-0.25, -0.2) is 18.7 Å². The number of carbonyl (C=O) groups is 2. The maximum Gasteiger partial charge on any atom is 0.277 e. The number of hydroxylamine groups is 1. The molecule has 0 atom stereocenters. The second-order valence-electron chi connectivity index (χ2n) is 6.87. The number of carbonyl (C=O) groups excluding carboxylic acids is 2. The lowest BCUT2D eigenvalue weighted by Crippen LogP contribution is -2.26. The van der Waals surface area contributed by atoms with E-state index >= 15 is 0 Å². The Morgan fingerprint density at radius 1 is 1.18 bits per heavy atom. The van der Waals surface area contributed by atoms with E-state index in [0.717, 1.165) is 12.3 Å². The molecule has 2 aromatic carbocycles. The van der Waals surface area contributed by atoms with Crippen LogP contribution in [-0.4, -0.2) is 62.0 Å². The van der Waals surface area contributed by atoms with Crippen molar-refractivity contribution in [1.29, 1.82) is 0 Å². The van der Waals surface area contributed by atoms with Crippen molar-refractivity contribution in [3.05, 3.63) is 56.4 Å². The molecule has 2 amide bonds. The normalized spacial score (nSPS) is 10.9. The standard InChI is InChI=1S/C21H22F3IN4O5/c1-29(2)17(31)5-7-33-26-11-12-9-14(21(32)28-34-8-6-30)20(19(24)18(12)23)27-16-4-3-13(25)10-15(16)22/h3-4,9-11,27,30H,5-8H2,1-2H3,(H,28,32). The first-order chi connectivity index (χ1) is 16.1. The number of aliphatic hydroxyl groups is 1. The van der Waals surface area contributed by atoms with Crippen LogP contribution in [0.15, 0.2) is 29.4 Å². The van der Waals surface area contributed by atoms with Gasteiger partial charge in [0, 0.05) is 23.2 Å². The van der Waals surface area contributed by atoms with Crippen molar-refractivity contribution in [2.75, 3.05) is 39.2 Å². The van der Waals surface area contributed by atoms with Gasteiger partial charge >= 0.3 is 0 Å². The maximum absolute atomic E-state index is 15.0. The van der Waals surface area contributed by atoms with Crippen molar-refractivity contribution in [3.63, 3.8) is 0 Å². The van der Waals surface area contributed by atoms with Crippen LogP contribution in [0.25, 0.3) is 0 Å². The number of amides is 2. The second kappa shape index (κ2) is 13.1. The van der Waals surface area contributed by atoms with Gasteiger partial charge in [0.1, 0.15) is 12.4 Å². The fourth-order valence-corrected chi connectivity index (χ4v) is 2.94. The third-order valence-corrected chi connectivity index (χ3v) is 4.87. The fraction of sp³-hybridized carbons (Fsp3) is 0.286. The summed E-state index contributed by atoms with van der Waals surface area (Å²) in [5.74, 6) is -4.81. The summed E-state index contributed by atoms with van der Waals surface area (Å²) in [6, 6.07) is 4.96. The van der Waals surface area contributed by atoms with Crippen LogP contribution in [0.3, 0.4) is 0 Å². The molecule has 9 nitrogen and oxygen atoms in total. The quantitative estimate of drug-likeness (QED) is 0.160. The Balaban J connectivity index is 2.35. The van der Waals surface area contributed by atoms with Gasteiger partial charge in [0.25, 0.3) is 5.91 Å². The minimum Gasteiger partial charge on any atom is -0.395 e. The first-order valence-electron chi connectivity index (χ1n) is 9.78. The molecule has 0 aliphatic rings. The van der Waals surface area contributed by atoms with E-state index < -0.39 is 46.8 Å². The molecule has 0 radical (unpaired) electrons. The fourth-order valence-electron chi connectivity index (χ4n) is 2.49. The van der Waals surface area contributed by atoms with Crippen molar-refractivity contribution in [2.24, 2.45) is 5.16 Å². The van der Waals surface area contributed by atoms with Crippen LogP contribution in [0, 0.1) is 21.0 Å².